The molecule has 1 atom stereocenters. The van der Waals surface area contributed by atoms with Crippen LogP contribution < -0.4 is 10.6 Å². The maximum atomic E-state index is 11.9. The highest BCUT2D eigenvalue weighted by Crippen LogP contribution is 2.34. The van der Waals surface area contributed by atoms with Crippen LogP contribution in [-0.4, -0.2) is 25.0 Å². The summed E-state index contributed by atoms with van der Waals surface area (Å²) in [6.07, 6.45) is 4.71. The van der Waals surface area contributed by atoms with E-state index in [0.717, 1.165) is 25.9 Å². The smallest absolute Gasteiger partial charge is 0.224 e. The number of carbonyl (C=O) groups is 1. The second-order valence-corrected chi connectivity index (χ2v) is 6.16. The van der Waals surface area contributed by atoms with Crippen molar-refractivity contribution < 1.29 is 4.79 Å². The Balaban J connectivity index is 2.27. The Hall–Kier alpha value is -0.570. The van der Waals surface area contributed by atoms with E-state index >= 15 is 0 Å². The lowest BCUT2D eigenvalue weighted by Crippen LogP contribution is -2.43. The average Bonchev–Trinajstić information content (AvgIpc) is 2.28. The molecule has 1 aliphatic rings. The average molecular weight is 240 g/mol. The van der Waals surface area contributed by atoms with Crippen LogP contribution in [-0.2, 0) is 4.79 Å². The van der Waals surface area contributed by atoms with Crippen LogP contribution in [0.4, 0.5) is 0 Å². The first-order valence-corrected chi connectivity index (χ1v) is 6.95. The van der Waals surface area contributed by atoms with Gasteiger partial charge in [0.05, 0.1) is 0 Å². The van der Waals surface area contributed by atoms with Crippen molar-refractivity contribution in [3.63, 3.8) is 0 Å². The van der Waals surface area contributed by atoms with Crippen LogP contribution in [0.2, 0.25) is 0 Å². The number of hydrogen-bond acceptors (Lipinski definition) is 2. The van der Waals surface area contributed by atoms with Crippen molar-refractivity contribution in [1.29, 1.82) is 0 Å². The summed E-state index contributed by atoms with van der Waals surface area (Å²) in [6.45, 7) is 10.4. The van der Waals surface area contributed by atoms with E-state index in [1.54, 1.807) is 0 Å². The van der Waals surface area contributed by atoms with Crippen molar-refractivity contribution >= 4 is 5.91 Å². The Morgan fingerprint density at radius 2 is 1.94 bits per heavy atom. The van der Waals surface area contributed by atoms with E-state index in [0.29, 0.717) is 11.5 Å². The second-order valence-electron chi connectivity index (χ2n) is 6.16. The number of carbonyl (C=O) groups excluding carboxylic acids is 1. The summed E-state index contributed by atoms with van der Waals surface area (Å²) in [5.41, 5.74) is 0.469. The number of hydrogen-bond donors (Lipinski definition) is 2. The SMILES string of the molecule is CCNCC(C)C(=O)NC1CCC(C)(C)CC1. The van der Waals surface area contributed by atoms with E-state index < -0.39 is 0 Å². The topological polar surface area (TPSA) is 41.1 Å². The fourth-order valence-electron chi connectivity index (χ4n) is 2.34. The summed E-state index contributed by atoms with van der Waals surface area (Å²) in [5.74, 6) is 0.278. The molecule has 17 heavy (non-hydrogen) atoms. The van der Waals surface area contributed by atoms with Gasteiger partial charge >= 0.3 is 0 Å². The molecule has 3 heteroatoms. The van der Waals surface area contributed by atoms with Gasteiger partial charge in [-0.1, -0.05) is 27.7 Å². The van der Waals surface area contributed by atoms with Crippen LogP contribution in [0.5, 0.6) is 0 Å². The molecule has 2 N–H and O–H groups in total. The van der Waals surface area contributed by atoms with Crippen LogP contribution in [0.3, 0.4) is 0 Å². The maximum Gasteiger partial charge on any atom is 0.224 e. The summed E-state index contributed by atoms with van der Waals surface area (Å²) in [7, 11) is 0. The van der Waals surface area contributed by atoms with Gasteiger partial charge in [0, 0.05) is 18.5 Å². The predicted octanol–water partition coefficient (Wildman–Crippen LogP) is 2.32. The third-order valence-corrected chi connectivity index (χ3v) is 3.83. The quantitative estimate of drug-likeness (QED) is 0.774. The van der Waals surface area contributed by atoms with Gasteiger partial charge in [-0.2, -0.15) is 0 Å². The molecule has 100 valence electrons. The van der Waals surface area contributed by atoms with Crippen LogP contribution in [0, 0.1) is 11.3 Å². The van der Waals surface area contributed by atoms with Crippen LogP contribution in [0.15, 0.2) is 0 Å². The lowest BCUT2D eigenvalue weighted by Gasteiger charge is -2.35. The Labute approximate surface area is 106 Å². The third kappa shape index (κ3) is 5.07. The Morgan fingerprint density at radius 1 is 1.35 bits per heavy atom. The molecule has 1 unspecified atom stereocenters. The molecule has 0 aliphatic heterocycles. The zero-order valence-corrected chi connectivity index (χ0v) is 11.8. The van der Waals surface area contributed by atoms with E-state index in [9.17, 15) is 4.79 Å². The summed E-state index contributed by atoms with van der Waals surface area (Å²) in [4.78, 5) is 11.9. The van der Waals surface area contributed by atoms with Crippen molar-refractivity contribution in [2.24, 2.45) is 11.3 Å². The van der Waals surface area contributed by atoms with Gasteiger partial charge in [0.15, 0.2) is 0 Å². The molecule has 0 aromatic heterocycles. The van der Waals surface area contributed by atoms with Crippen molar-refractivity contribution in [1.82, 2.24) is 10.6 Å². The minimum absolute atomic E-state index is 0.0740. The first-order chi connectivity index (χ1) is 7.94. The zero-order chi connectivity index (χ0) is 12.9. The molecule has 3 nitrogen and oxygen atoms in total. The monoisotopic (exact) mass is 240 g/mol. The molecular weight excluding hydrogens is 212 g/mol. The molecule has 1 rings (SSSR count). The molecule has 0 radical (unpaired) electrons. The Kier molecular flexibility index (Phi) is 5.44. The minimum Gasteiger partial charge on any atom is -0.353 e. The van der Waals surface area contributed by atoms with Gasteiger partial charge < -0.3 is 10.6 Å². The van der Waals surface area contributed by atoms with E-state index in [-0.39, 0.29) is 11.8 Å². The van der Waals surface area contributed by atoms with E-state index in [4.69, 9.17) is 0 Å². The normalized spacial score (nSPS) is 22.1. The van der Waals surface area contributed by atoms with Gasteiger partial charge in [-0.05, 0) is 37.6 Å². The first kappa shape index (κ1) is 14.5. The molecule has 0 aromatic carbocycles. The molecule has 0 bridgehead atoms. The molecule has 0 spiro atoms. The first-order valence-electron chi connectivity index (χ1n) is 6.95. The highest BCUT2D eigenvalue weighted by Gasteiger charge is 2.28. The minimum atomic E-state index is 0.0740. The van der Waals surface area contributed by atoms with Gasteiger partial charge in [-0.25, -0.2) is 0 Å². The van der Waals surface area contributed by atoms with Crippen molar-refractivity contribution in [2.45, 2.75) is 59.4 Å². The molecule has 0 aromatic rings. The van der Waals surface area contributed by atoms with E-state index in [1.807, 2.05) is 6.92 Å². The van der Waals surface area contributed by atoms with Gasteiger partial charge in [0.1, 0.15) is 0 Å². The summed E-state index contributed by atoms with van der Waals surface area (Å²) >= 11 is 0. The van der Waals surface area contributed by atoms with E-state index in [1.165, 1.54) is 12.8 Å². The number of nitrogens with one attached hydrogen (secondary N) is 2. The Bertz CT molecular complexity index is 241. The third-order valence-electron chi connectivity index (χ3n) is 3.83. The molecule has 1 saturated carbocycles. The zero-order valence-electron chi connectivity index (χ0n) is 11.8. The van der Waals surface area contributed by atoms with Crippen molar-refractivity contribution in [3.8, 4) is 0 Å². The summed E-state index contributed by atoms with van der Waals surface area (Å²) < 4.78 is 0. The standard InChI is InChI=1S/C14H28N2O/c1-5-15-10-11(2)13(17)16-12-6-8-14(3,4)9-7-12/h11-12,15H,5-10H2,1-4H3,(H,16,17). The Morgan fingerprint density at radius 3 is 2.47 bits per heavy atom. The summed E-state index contributed by atoms with van der Waals surface area (Å²) in [6, 6.07) is 0.402. The van der Waals surface area contributed by atoms with E-state index in [2.05, 4.69) is 31.4 Å². The summed E-state index contributed by atoms with van der Waals surface area (Å²) in [5, 5.41) is 6.40. The maximum absolute atomic E-state index is 11.9. The lowest BCUT2D eigenvalue weighted by atomic mass is 9.75. The fourth-order valence-corrected chi connectivity index (χ4v) is 2.34. The van der Waals surface area contributed by atoms with Crippen LogP contribution >= 0.6 is 0 Å². The largest absolute Gasteiger partial charge is 0.353 e. The lowest BCUT2D eigenvalue weighted by molar-refractivity contribution is -0.125. The fraction of sp³-hybridized carbons (Fsp3) is 0.929. The van der Waals surface area contributed by atoms with Gasteiger partial charge in [-0.3, -0.25) is 4.79 Å². The molecule has 1 amide bonds. The van der Waals surface area contributed by atoms with Crippen LogP contribution in [0.25, 0.3) is 0 Å². The molecule has 0 saturated heterocycles. The predicted molar refractivity (Wildman–Crippen MR) is 71.9 cm³/mol. The number of rotatable bonds is 5. The van der Waals surface area contributed by atoms with Gasteiger partial charge in [-0.15, -0.1) is 0 Å². The van der Waals surface area contributed by atoms with Crippen LogP contribution in [0.1, 0.15) is 53.4 Å². The van der Waals surface area contributed by atoms with Crippen molar-refractivity contribution in [3.05, 3.63) is 0 Å². The highest BCUT2D eigenvalue weighted by molar-refractivity contribution is 5.78. The molecular formula is C14H28N2O. The molecule has 1 aliphatic carbocycles. The second kappa shape index (κ2) is 6.39. The van der Waals surface area contributed by atoms with Gasteiger partial charge in [0.2, 0.25) is 5.91 Å². The molecule has 1 fully saturated rings. The number of amides is 1. The van der Waals surface area contributed by atoms with Gasteiger partial charge in [0.25, 0.3) is 0 Å². The molecule has 0 heterocycles. The highest BCUT2D eigenvalue weighted by atomic mass is 16.1. The van der Waals surface area contributed by atoms with Crippen molar-refractivity contribution in [2.75, 3.05) is 13.1 Å².